The third kappa shape index (κ3) is 4.19. The van der Waals surface area contributed by atoms with Crippen molar-refractivity contribution >= 4 is 18.1 Å². The number of carboxylic acid groups (broad SMARTS) is 1. The molecule has 1 amide bonds. The van der Waals surface area contributed by atoms with Gasteiger partial charge in [-0.2, -0.15) is 0 Å². The topological polar surface area (TPSA) is 124 Å². The molecule has 4 N–H and O–H groups in total. The molecular formula is C25H25N3O5. The van der Waals surface area contributed by atoms with E-state index in [4.69, 9.17) is 0 Å². The van der Waals surface area contributed by atoms with E-state index < -0.39 is 17.9 Å². The molecule has 4 rings (SSSR count). The molecule has 8 nitrogen and oxygen atoms in total. The average Bonchev–Trinajstić information content (AvgIpc) is 3.04. The van der Waals surface area contributed by atoms with E-state index in [1.165, 1.54) is 4.57 Å². The molecule has 0 fully saturated rings. The van der Waals surface area contributed by atoms with E-state index in [0.717, 1.165) is 11.1 Å². The monoisotopic (exact) mass is 447 g/mol. The quantitative estimate of drug-likeness (QED) is 0.463. The number of carbonyl (C=O) groups is 2. The van der Waals surface area contributed by atoms with Gasteiger partial charge in [-0.05, 0) is 49.1 Å². The summed E-state index contributed by atoms with van der Waals surface area (Å²) in [6.45, 7) is 4.17. The summed E-state index contributed by atoms with van der Waals surface area (Å²) in [5, 5.41) is 33.4. The van der Waals surface area contributed by atoms with Crippen LogP contribution in [0.1, 0.15) is 38.2 Å². The Labute approximate surface area is 190 Å². The lowest BCUT2D eigenvalue weighted by atomic mass is 10.0. The van der Waals surface area contributed by atoms with Gasteiger partial charge < -0.3 is 20.6 Å². The van der Waals surface area contributed by atoms with Gasteiger partial charge in [0.1, 0.15) is 6.04 Å². The molecule has 1 aromatic heterocycles. The molecule has 0 bridgehead atoms. The first-order chi connectivity index (χ1) is 15.8. The van der Waals surface area contributed by atoms with Crippen LogP contribution in [0, 0.1) is 13.8 Å². The molecule has 0 radical (unpaired) electrons. The lowest BCUT2D eigenvalue weighted by molar-refractivity contribution is -0.139. The molecule has 0 unspecified atom stereocenters. The van der Waals surface area contributed by atoms with Crippen LogP contribution in [0.4, 0.5) is 0 Å². The minimum atomic E-state index is -1.13. The highest BCUT2D eigenvalue weighted by molar-refractivity contribution is 5.99. The average molecular weight is 447 g/mol. The van der Waals surface area contributed by atoms with Crippen LogP contribution in [0.15, 0.2) is 47.5 Å². The predicted octanol–water partition coefficient (Wildman–Crippen LogP) is 2.91. The zero-order chi connectivity index (χ0) is 23.7. The Hall–Kier alpha value is -4.07. The van der Waals surface area contributed by atoms with Gasteiger partial charge in [0, 0.05) is 30.3 Å². The van der Waals surface area contributed by atoms with Gasteiger partial charge in [0.05, 0.1) is 11.3 Å². The van der Waals surface area contributed by atoms with Crippen molar-refractivity contribution in [2.45, 2.75) is 32.7 Å². The number of amides is 1. The Kier molecular flexibility index (Phi) is 5.91. The van der Waals surface area contributed by atoms with Crippen molar-refractivity contribution in [3.05, 3.63) is 75.8 Å². The number of hydrogen-bond donors (Lipinski definition) is 4. The number of nitrogens with zero attached hydrogens (tertiary/aromatic N) is 2. The maximum atomic E-state index is 12.8. The van der Waals surface area contributed by atoms with E-state index in [1.807, 2.05) is 32.0 Å². The second-order valence-corrected chi connectivity index (χ2v) is 8.16. The number of aliphatic imine (C=N–C) groups is 1. The molecule has 2 heterocycles. The molecule has 8 heteroatoms. The van der Waals surface area contributed by atoms with Crippen molar-refractivity contribution in [1.82, 2.24) is 9.88 Å². The van der Waals surface area contributed by atoms with Gasteiger partial charge in [-0.25, -0.2) is 4.79 Å². The van der Waals surface area contributed by atoms with Crippen LogP contribution < -0.4 is 5.32 Å². The maximum Gasteiger partial charge on any atom is 0.326 e. The van der Waals surface area contributed by atoms with Crippen LogP contribution in [0.3, 0.4) is 0 Å². The SMILES string of the molecule is Cc1cccc(C)c1C(=O)N[C@@H](Cc1ccc(-n2c(O)c3c(c2O)CCN=C3)cc1)C(=O)O. The Morgan fingerprint density at radius 1 is 1.06 bits per heavy atom. The number of fused-ring (bicyclic) bond motifs is 1. The summed E-state index contributed by atoms with van der Waals surface area (Å²) in [7, 11) is 0. The summed E-state index contributed by atoms with van der Waals surface area (Å²) in [6, 6.07) is 11.1. The largest absolute Gasteiger partial charge is 0.494 e. The lowest BCUT2D eigenvalue weighted by Gasteiger charge is -2.17. The van der Waals surface area contributed by atoms with E-state index in [9.17, 15) is 24.9 Å². The van der Waals surface area contributed by atoms with Gasteiger partial charge in [0.15, 0.2) is 0 Å². The Bertz CT molecular complexity index is 1240. The standard InChI is InChI=1S/C25H25N3O5/c1-14-4-3-5-15(2)21(14)22(29)27-20(25(32)33)12-16-6-8-17(9-7-16)28-23(30)18-10-11-26-13-19(18)24(28)31/h3-9,13,20,30-31H,10-12H2,1-2H3,(H,27,29)(H,32,33)/t20-/m0/s1. The fraction of sp³-hybridized carbons (Fsp3) is 0.240. The van der Waals surface area contributed by atoms with Gasteiger partial charge in [-0.3, -0.25) is 14.4 Å². The highest BCUT2D eigenvalue weighted by Crippen LogP contribution is 2.37. The Morgan fingerprint density at radius 3 is 2.33 bits per heavy atom. The fourth-order valence-corrected chi connectivity index (χ4v) is 4.19. The minimum absolute atomic E-state index is 0.0364. The number of carbonyl (C=O) groups excluding carboxylic acids is 1. The first kappa shape index (κ1) is 22.1. The summed E-state index contributed by atoms with van der Waals surface area (Å²) in [5.41, 5.74) is 4.40. The van der Waals surface area contributed by atoms with Crippen molar-refractivity contribution in [3.8, 4) is 17.4 Å². The third-order valence-electron chi connectivity index (χ3n) is 5.92. The van der Waals surface area contributed by atoms with Crippen molar-refractivity contribution in [3.63, 3.8) is 0 Å². The molecule has 2 aromatic carbocycles. The lowest BCUT2D eigenvalue weighted by Crippen LogP contribution is -2.42. The second-order valence-electron chi connectivity index (χ2n) is 8.16. The highest BCUT2D eigenvalue weighted by atomic mass is 16.4. The number of carboxylic acids is 1. The van der Waals surface area contributed by atoms with E-state index in [2.05, 4.69) is 10.3 Å². The van der Waals surface area contributed by atoms with Gasteiger partial charge in [0.2, 0.25) is 11.8 Å². The molecule has 3 aromatic rings. The molecule has 1 aliphatic heterocycles. The molecule has 0 saturated heterocycles. The van der Waals surface area contributed by atoms with Gasteiger partial charge in [0.25, 0.3) is 5.91 Å². The summed E-state index contributed by atoms with van der Waals surface area (Å²) in [5.74, 6) is -1.69. The molecule has 0 saturated carbocycles. The van der Waals surface area contributed by atoms with E-state index in [0.29, 0.717) is 40.9 Å². The predicted molar refractivity (Wildman–Crippen MR) is 124 cm³/mol. The molecule has 0 spiro atoms. The van der Waals surface area contributed by atoms with Crippen LogP contribution in [0.5, 0.6) is 11.8 Å². The van der Waals surface area contributed by atoms with Gasteiger partial charge in [-0.15, -0.1) is 0 Å². The number of hydrogen-bond acceptors (Lipinski definition) is 5. The minimum Gasteiger partial charge on any atom is -0.494 e. The third-order valence-corrected chi connectivity index (χ3v) is 5.92. The second kappa shape index (κ2) is 8.82. The number of aromatic nitrogens is 1. The maximum absolute atomic E-state index is 12.8. The van der Waals surface area contributed by atoms with Crippen molar-refractivity contribution in [1.29, 1.82) is 0 Å². The van der Waals surface area contributed by atoms with Crippen LogP contribution in [-0.2, 0) is 17.6 Å². The molecule has 0 aliphatic carbocycles. The van der Waals surface area contributed by atoms with E-state index in [-0.39, 0.29) is 18.2 Å². The summed E-state index contributed by atoms with van der Waals surface area (Å²) < 4.78 is 1.34. The van der Waals surface area contributed by atoms with Crippen molar-refractivity contribution in [2.24, 2.45) is 4.99 Å². The molecule has 33 heavy (non-hydrogen) atoms. The number of benzene rings is 2. The van der Waals surface area contributed by atoms with Crippen LogP contribution in [0.2, 0.25) is 0 Å². The van der Waals surface area contributed by atoms with Gasteiger partial charge >= 0.3 is 5.97 Å². The highest BCUT2D eigenvalue weighted by Gasteiger charge is 2.25. The van der Waals surface area contributed by atoms with Crippen molar-refractivity contribution < 1.29 is 24.9 Å². The zero-order valence-corrected chi connectivity index (χ0v) is 18.4. The molecule has 170 valence electrons. The first-order valence-electron chi connectivity index (χ1n) is 10.6. The van der Waals surface area contributed by atoms with Crippen LogP contribution in [-0.4, -0.2) is 50.6 Å². The molecule has 1 atom stereocenters. The van der Waals surface area contributed by atoms with Crippen LogP contribution in [0.25, 0.3) is 5.69 Å². The summed E-state index contributed by atoms with van der Waals surface area (Å²) >= 11 is 0. The molecule has 1 aliphatic rings. The summed E-state index contributed by atoms with van der Waals surface area (Å²) in [6.07, 6.45) is 2.17. The number of rotatable bonds is 6. The fourth-order valence-electron chi connectivity index (χ4n) is 4.19. The van der Waals surface area contributed by atoms with E-state index >= 15 is 0 Å². The number of aryl methyl sites for hydroxylation is 2. The van der Waals surface area contributed by atoms with Crippen molar-refractivity contribution in [2.75, 3.05) is 6.54 Å². The Balaban J connectivity index is 1.54. The van der Waals surface area contributed by atoms with Gasteiger partial charge in [-0.1, -0.05) is 30.3 Å². The van der Waals surface area contributed by atoms with E-state index in [1.54, 1.807) is 30.5 Å². The summed E-state index contributed by atoms with van der Waals surface area (Å²) in [4.78, 5) is 28.7. The van der Waals surface area contributed by atoms with Crippen LogP contribution >= 0.6 is 0 Å². The number of nitrogens with one attached hydrogen (secondary N) is 1. The first-order valence-corrected chi connectivity index (χ1v) is 10.6. The smallest absolute Gasteiger partial charge is 0.326 e. The normalized spacial score (nSPS) is 13.4. The Morgan fingerprint density at radius 2 is 1.73 bits per heavy atom. The number of aromatic hydroxyl groups is 2. The number of aliphatic carboxylic acids is 1. The molecular weight excluding hydrogens is 422 g/mol. The zero-order valence-electron chi connectivity index (χ0n) is 18.4.